The molecule has 0 bridgehead atoms. The van der Waals surface area contributed by atoms with E-state index in [4.69, 9.17) is 9.05 Å². The van der Waals surface area contributed by atoms with E-state index in [0.29, 0.717) is 23.9 Å². The van der Waals surface area contributed by atoms with Crippen LogP contribution in [0.3, 0.4) is 0 Å². The van der Waals surface area contributed by atoms with Crippen LogP contribution in [-0.2, 0) is 18.4 Å². The van der Waals surface area contributed by atoms with Crippen LogP contribution in [0.25, 0.3) is 0 Å². The molecule has 0 saturated heterocycles. The maximum absolute atomic E-state index is 13.1. The van der Waals surface area contributed by atoms with Gasteiger partial charge in [0, 0.05) is 6.42 Å². The summed E-state index contributed by atoms with van der Waals surface area (Å²) in [6, 6.07) is -0.757. The number of phosphoric acid groups is 1. The third-order valence-electron chi connectivity index (χ3n) is 16.6. The summed E-state index contributed by atoms with van der Waals surface area (Å²) in [5, 5.41) is 14.2. The number of rotatable bonds is 66. The predicted octanol–water partition coefficient (Wildman–Crippen LogP) is 21.9. The van der Waals surface area contributed by atoms with Gasteiger partial charge in [0.15, 0.2) is 0 Å². The van der Waals surface area contributed by atoms with Crippen LogP contribution >= 0.6 is 7.82 Å². The number of hydrogen-bond donors (Lipinski definition) is 3. The second kappa shape index (κ2) is 60.1. The summed E-state index contributed by atoms with van der Waals surface area (Å²) < 4.78 is 23.9. The summed E-state index contributed by atoms with van der Waals surface area (Å²) in [6.45, 7) is 4.97. The third-order valence-corrected chi connectivity index (χ3v) is 17.6. The predicted molar refractivity (Wildman–Crippen MR) is 337 cm³/mol. The number of aliphatic hydroxyl groups excluding tert-OH is 1. The van der Waals surface area contributed by atoms with Crippen LogP contribution in [0.1, 0.15) is 380 Å². The molecule has 77 heavy (non-hydrogen) atoms. The monoisotopic (exact) mass is 1110 g/mol. The number of nitrogens with zero attached hydrogens (tertiary/aromatic N) is 1. The van der Waals surface area contributed by atoms with Crippen molar-refractivity contribution >= 4 is 13.7 Å². The summed E-state index contributed by atoms with van der Waals surface area (Å²) in [5.41, 5.74) is 0. The summed E-state index contributed by atoms with van der Waals surface area (Å²) >= 11 is 0. The molecule has 0 aliphatic rings. The standard InChI is InChI=1S/C68H139N2O6P/c1-6-8-10-12-14-16-18-20-22-24-26-28-30-32-33-34-35-36-38-40-42-44-46-48-50-52-54-56-58-60-62-68(72)69-66(65-76-77(73,74)75-64-63-70(3,4)5)67(71)61-59-57-55-53-51-49-47-45-43-41-39-37-31-29-27-25-23-21-19-17-15-13-11-9-7-2/h66-67,71H,6-65H2,1-5H3,(H-,69,72,73,74)/p+1. The van der Waals surface area contributed by atoms with E-state index in [0.717, 1.165) is 38.5 Å². The minimum atomic E-state index is -4.32. The Hall–Kier alpha value is -0.500. The molecule has 8 nitrogen and oxygen atoms in total. The van der Waals surface area contributed by atoms with Crippen molar-refractivity contribution in [3.8, 4) is 0 Å². The Balaban J connectivity index is 3.98. The highest BCUT2D eigenvalue weighted by Gasteiger charge is 2.28. The highest BCUT2D eigenvalue weighted by atomic mass is 31.2. The van der Waals surface area contributed by atoms with Crippen molar-refractivity contribution in [1.29, 1.82) is 0 Å². The molecule has 0 heterocycles. The summed E-state index contributed by atoms with van der Waals surface area (Å²) in [7, 11) is 1.64. The second-order valence-electron chi connectivity index (χ2n) is 25.6. The van der Waals surface area contributed by atoms with Crippen molar-refractivity contribution in [2.45, 2.75) is 392 Å². The average Bonchev–Trinajstić information content (AvgIpc) is 3.39. The van der Waals surface area contributed by atoms with Crippen LogP contribution in [-0.4, -0.2) is 73.4 Å². The number of nitrogens with one attached hydrogen (secondary N) is 1. The molecule has 0 fully saturated rings. The van der Waals surface area contributed by atoms with Gasteiger partial charge >= 0.3 is 7.82 Å². The Kier molecular flexibility index (Phi) is 59.7. The molecule has 0 aromatic carbocycles. The van der Waals surface area contributed by atoms with Gasteiger partial charge in [0.25, 0.3) is 0 Å². The van der Waals surface area contributed by atoms with Crippen LogP contribution in [0, 0.1) is 0 Å². The fourth-order valence-corrected chi connectivity index (χ4v) is 11.9. The number of hydrogen-bond acceptors (Lipinski definition) is 5. The SMILES string of the molecule is CCCCCCCCCCCCCCCCCCCCCCCCCCCCCCCCC(=O)NC(COP(=O)(O)OCC[N+](C)(C)C)C(O)CCCCCCCCCCCCCCCCCCCCCCCCCCC. The van der Waals surface area contributed by atoms with Crippen molar-refractivity contribution in [2.24, 2.45) is 0 Å². The maximum Gasteiger partial charge on any atom is 0.472 e. The van der Waals surface area contributed by atoms with Gasteiger partial charge in [-0.3, -0.25) is 13.8 Å². The second-order valence-corrected chi connectivity index (χ2v) is 27.1. The largest absolute Gasteiger partial charge is 0.472 e. The number of unbranched alkanes of at least 4 members (excludes halogenated alkanes) is 53. The van der Waals surface area contributed by atoms with E-state index in [9.17, 15) is 19.4 Å². The lowest BCUT2D eigenvalue weighted by Crippen LogP contribution is -2.46. The fourth-order valence-electron chi connectivity index (χ4n) is 11.2. The number of carbonyl (C=O) groups excluding carboxylic acids is 1. The zero-order valence-corrected chi connectivity index (χ0v) is 53.9. The molecule has 0 aromatic heterocycles. The molecule has 0 aliphatic heterocycles. The van der Waals surface area contributed by atoms with Gasteiger partial charge in [-0.05, 0) is 12.8 Å². The normalized spacial score (nSPS) is 13.6. The van der Waals surface area contributed by atoms with E-state index in [2.05, 4.69) is 19.2 Å². The molecule has 0 spiro atoms. The Bertz CT molecular complexity index is 1220. The van der Waals surface area contributed by atoms with Crippen LogP contribution in [0.2, 0.25) is 0 Å². The van der Waals surface area contributed by atoms with Crippen molar-refractivity contribution in [2.75, 3.05) is 40.9 Å². The number of carbonyl (C=O) groups is 1. The number of amides is 1. The van der Waals surface area contributed by atoms with E-state index >= 15 is 0 Å². The fraction of sp³-hybridized carbons (Fsp3) is 0.985. The van der Waals surface area contributed by atoms with Crippen molar-refractivity contribution in [3.63, 3.8) is 0 Å². The molecule has 0 aromatic rings. The third kappa shape index (κ3) is 62.9. The first-order valence-electron chi connectivity index (χ1n) is 34.9. The molecule has 3 N–H and O–H groups in total. The van der Waals surface area contributed by atoms with Crippen LogP contribution in [0.4, 0.5) is 0 Å². The van der Waals surface area contributed by atoms with Crippen molar-refractivity contribution in [3.05, 3.63) is 0 Å². The Morgan fingerprint density at radius 3 is 0.870 bits per heavy atom. The van der Waals surface area contributed by atoms with E-state index in [1.54, 1.807) is 0 Å². The number of phosphoric ester groups is 1. The maximum atomic E-state index is 13.1. The molecular formula is C68H140N2O6P+. The van der Waals surface area contributed by atoms with E-state index in [1.807, 2.05) is 21.1 Å². The van der Waals surface area contributed by atoms with E-state index < -0.39 is 20.0 Å². The van der Waals surface area contributed by atoms with Gasteiger partial charge in [-0.1, -0.05) is 361 Å². The topological polar surface area (TPSA) is 105 Å². The Morgan fingerprint density at radius 1 is 0.390 bits per heavy atom. The number of likely N-dealkylation sites (N-methyl/N-ethyl adjacent to an activating group) is 1. The zero-order valence-electron chi connectivity index (χ0n) is 53.0. The van der Waals surface area contributed by atoms with Crippen LogP contribution in [0.15, 0.2) is 0 Å². The minimum absolute atomic E-state index is 0.0795. The molecule has 0 radical (unpaired) electrons. The zero-order chi connectivity index (χ0) is 56.3. The van der Waals surface area contributed by atoms with E-state index in [1.165, 1.54) is 315 Å². The molecule has 9 heteroatoms. The van der Waals surface area contributed by atoms with Gasteiger partial charge in [-0.25, -0.2) is 4.57 Å². The first kappa shape index (κ1) is 76.5. The Morgan fingerprint density at radius 2 is 0.623 bits per heavy atom. The highest BCUT2D eigenvalue weighted by molar-refractivity contribution is 7.47. The van der Waals surface area contributed by atoms with Crippen LogP contribution < -0.4 is 5.32 Å². The van der Waals surface area contributed by atoms with Gasteiger partial charge < -0.3 is 19.8 Å². The minimum Gasteiger partial charge on any atom is -0.391 e. The lowest BCUT2D eigenvalue weighted by Gasteiger charge is -2.26. The lowest BCUT2D eigenvalue weighted by molar-refractivity contribution is -0.870. The first-order valence-corrected chi connectivity index (χ1v) is 36.4. The van der Waals surface area contributed by atoms with Gasteiger partial charge in [-0.15, -0.1) is 0 Å². The van der Waals surface area contributed by atoms with Crippen LogP contribution in [0.5, 0.6) is 0 Å². The van der Waals surface area contributed by atoms with Crippen molar-refractivity contribution < 1.29 is 32.9 Å². The molecule has 462 valence electrons. The van der Waals surface area contributed by atoms with Gasteiger partial charge in [0.05, 0.1) is 39.9 Å². The Labute approximate surface area is 482 Å². The highest BCUT2D eigenvalue weighted by Crippen LogP contribution is 2.43. The molecule has 3 unspecified atom stereocenters. The average molecular weight is 1110 g/mol. The summed E-state index contributed by atoms with van der Waals surface area (Å²) in [4.78, 5) is 23.5. The molecule has 1 amide bonds. The molecule has 0 rings (SSSR count). The lowest BCUT2D eigenvalue weighted by atomic mass is 10.0. The number of quaternary nitrogens is 1. The number of aliphatic hydroxyl groups is 1. The molecular weight excluding hydrogens is 972 g/mol. The summed E-state index contributed by atoms with van der Waals surface area (Å²) in [5.74, 6) is -0.133. The van der Waals surface area contributed by atoms with Gasteiger partial charge in [0.2, 0.25) is 5.91 Å². The summed E-state index contributed by atoms with van der Waals surface area (Å²) in [6.07, 6.45) is 74.9. The quantitative estimate of drug-likeness (QED) is 0.0318. The van der Waals surface area contributed by atoms with Crippen molar-refractivity contribution in [1.82, 2.24) is 5.32 Å². The van der Waals surface area contributed by atoms with Gasteiger partial charge in [0.1, 0.15) is 13.2 Å². The smallest absolute Gasteiger partial charge is 0.391 e. The van der Waals surface area contributed by atoms with Gasteiger partial charge in [-0.2, -0.15) is 0 Å². The molecule has 0 aliphatic carbocycles. The molecule has 0 saturated carbocycles. The molecule has 3 atom stereocenters. The first-order chi connectivity index (χ1) is 37.5. The van der Waals surface area contributed by atoms with E-state index in [-0.39, 0.29) is 19.1 Å².